The zero-order valence-electron chi connectivity index (χ0n) is 9.97. The molecule has 1 amide bonds. The molecule has 0 fully saturated rings. The molecule has 2 aromatic rings. The van der Waals surface area contributed by atoms with E-state index in [2.05, 4.69) is 32.9 Å². The summed E-state index contributed by atoms with van der Waals surface area (Å²) in [7, 11) is 0. The van der Waals surface area contributed by atoms with E-state index >= 15 is 0 Å². The molecule has 0 aliphatic rings. The number of para-hydroxylation sites is 1. The quantitative estimate of drug-likeness (QED) is 0.627. The van der Waals surface area contributed by atoms with E-state index in [1.54, 1.807) is 12.3 Å². The lowest BCUT2D eigenvalue weighted by molar-refractivity contribution is -0.113. The van der Waals surface area contributed by atoms with Gasteiger partial charge < -0.3 is 11.1 Å². The van der Waals surface area contributed by atoms with Crippen molar-refractivity contribution in [1.29, 1.82) is 0 Å². The van der Waals surface area contributed by atoms with Crippen LogP contribution in [0, 0.1) is 3.57 Å². The highest BCUT2D eigenvalue weighted by atomic mass is 127. The smallest absolute Gasteiger partial charge is 0.234 e. The highest BCUT2D eigenvalue weighted by molar-refractivity contribution is 14.1. The SMILES string of the molecule is Nc1ccc(SCC(=O)Nc2ccccc2I)cn1. The maximum atomic E-state index is 11.8. The van der Waals surface area contributed by atoms with Crippen LogP contribution < -0.4 is 11.1 Å². The fraction of sp³-hybridized carbons (Fsp3) is 0.0769. The van der Waals surface area contributed by atoms with Crippen LogP contribution in [0.15, 0.2) is 47.5 Å². The molecule has 0 saturated heterocycles. The van der Waals surface area contributed by atoms with Crippen molar-refractivity contribution in [2.75, 3.05) is 16.8 Å². The standard InChI is InChI=1S/C13H12IN3OS/c14-10-3-1-2-4-11(10)17-13(18)8-19-9-5-6-12(15)16-7-9/h1-7H,8H2,(H2,15,16)(H,17,18). The molecule has 0 bridgehead atoms. The zero-order chi connectivity index (χ0) is 13.7. The molecule has 0 radical (unpaired) electrons. The number of anilines is 2. The number of rotatable bonds is 4. The van der Waals surface area contributed by atoms with Gasteiger partial charge in [-0.1, -0.05) is 12.1 Å². The molecule has 0 unspecified atom stereocenters. The second-order valence-corrected chi connectivity index (χ2v) is 5.95. The average Bonchev–Trinajstić information content (AvgIpc) is 2.41. The minimum atomic E-state index is -0.0362. The lowest BCUT2D eigenvalue weighted by atomic mass is 10.3. The van der Waals surface area contributed by atoms with Crippen LogP contribution in [-0.2, 0) is 4.79 Å². The van der Waals surface area contributed by atoms with Crippen LogP contribution in [0.4, 0.5) is 11.5 Å². The molecule has 0 aliphatic carbocycles. The summed E-state index contributed by atoms with van der Waals surface area (Å²) in [5, 5.41) is 2.88. The number of carbonyl (C=O) groups is 1. The Hall–Kier alpha value is -1.28. The number of amides is 1. The average molecular weight is 385 g/mol. The highest BCUT2D eigenvalue weighted by Crippen LogP contribution is 2.20. The number of benzene rings is 1. The lowest BCUT2D eigenvalue weighted by Crippen LogP contribution is -2.14. The lowest BCUT2D eigenvalue weighted by Gasteiger charge is -2.06. The third-order valence-electron chi connectivity index (χ3n) is 2.28. The van der Waals surface area contributed by atoms with Crippen LogP contribution in [0.5, 0.6) is 0 Å². The summed E-state index contributed by atoms with van der Waals surface area (Å²) in [4.78, 5) is 16.7. The van der Waals surface area contributed by atoms with Crippen LogP contribution in [0.2, 0.25) is 0 Å². The van der Waals surface area contributed by atoms with Gasteiger partial charge in [0.05, 0.1) is 11.4 Å². The van der Waals surface area contributed by atoms with E-state index in [4.69, 9.17) is 5.73 Å². The molecule has 1 aromatic heterocycles. The van der Waals surface area contributed by atoms with E-state index in [1.807, 2.05) is 30.3 Å². The zero-order valence-corrected chi connectivity index (χ0v) is 12.9. The van der Waals surface area contributed by atoms with Crippen molar-refractivity contribution in [2.45, 2.75) is 4.90 Å². The Labute approximate surface area is 129 Å². The van der Waals surface area contributed by atoms with Crippen LogP contribution in [-0.4, -0.2) is 16.6 Å². The topological polar surface area (TPSA) is 68.0 Å². The molecule has 1 heterocycles. The molecule has 3 N–H and O–H groups in total. The van der Waals surface area contributed by atoms with Crippen molar-refractivity contribution in [3.05, 3.63) is 46.2 Å². The summed E-state index contributed by atoms with van der Waals surface area (Å²) in [5.74, 6) is 0.787. The van der Waals surface area contributed by atoms with Gasteiger partial charge in [0.2, 0.25) is 5.91 Å². The third kappa shape index (κ3) is 4.39. The number of nitrogen functional groups attached to an aromatic ring is 1. The fourth-order valence-electron chi connectivity index (χ4n) is 1.37. The third-order valence-corrected chi connectivity index (χ3v) is 4.20. The van der Waals surface area contributed by atoms with Gasteiger partial charge >= 0.3 is 0 Å². The summed E-state index contributed by atoms with van der Waals surface area (Å²) in [6.07, 6.45) is 1.67. The van der Waals surface area contributed by atoms with E-state index < -0.39 is 0 Å². The fourth-order valence-corrected chi connectivity index (χ4v) is 2.56. The van der Waals surface area contributed by atoms with Crippen LogP contribution in [0.25, 0.3) is 0 Å². The number of carbonyl (C=O) groups excluding carboxylic acids is 1. The largest absolute Gasteiger partial charge is 0.384 e. The molecule has 6 heteroatoms. The predicted molar refractivity (Wildman–Crippen MR) is 87.2 cm³/mol. The van der Waals surface area contributed by atoms with Gasteiger partial charge in [0, 0.05) is 14.7 Å². The molecule has 0 aliphatic heterocycles. The van der Waals surface area contributed by atoms with Crippen molar-refractivity contribution in [1.82, 2.24) is 4.98 Å². The number of nitrogens with zero attached hydrogens (tertiary/aromatic N) is 1. The minimum absolute atomic E-state index is 0.0362. The first-order valence-corrected chi connectivity index (χ1v) is 7.60. The van der Waals surface area contributed by atoms with Gasteiger partial charge in [-0.15, -0.1) is 11.8 Å². The minimum Gasteiger partial charge on any atom is -0.384 e. The summed E-state index contributed by atoms with van der Waals surface area (Å²) >= 11 is 3.62. The van der Waals surface area contributed by atoms with E-state index in [1.165, 1.54) is 11.8 Å². The molecule has 0 saturated carbocycles. The van der Waals surface area contributed by atoms with Crippen LogP contribution in [0.1, 0.15) is 0 Å². The van der Waals surface area contributed by atoms with Crippen molar-refractivity contribution in [3.63, 3.8) is 0 Å². The van der Waals surface area contributed by atoms with Crippen molar-refractivity contribution < 1.29 is 4.79 Å². The number of aromatic nitrogens is 1. The van der Waals surface area contributed by atoms with E-state index in [9.17, 15) is 4.79 Å². The summed E-state index contributed by atoms with van der Waals surface area (Å²) < 4.78 is 1.02. The van der Waals surface area contributed by atoms with Gasteiger partial charge in [-0.3, -0.25) is 4.79 Å². The molecule has 1 aromatic carbocycles. The predicted octanol–water partition coefficient (Wildman–Crippen LogP) is 3.00. The Morgan fingerprint density at radius 2 is 2.11 bits per heavy atom. The monoisotopic (exact) mass is 385 g/mol. The first-order valence-electron chi connectivity index (χ1n) is 5.54. The number of nitrogens with one attached hydrogen (secondary N) is 1. The normalized spacial score (nSPS) is 10.2. The number of halogens is 1. The van der Waals surface area contributed by atoms with Gasteiger partial charge in [0.25, 0.3) is 0 Å². The van der Waals surface area contributed by atoms with E-state index in [-0.39, 0.29) is 5.91 Å². The van der Waals surface area contributed by atoms with E-state index in [0.717, 1.165) is 14.2 Å². The second-order valence-electron chi connectivity index (χ2n) is 3.74. The van der Waals surface area contributed by atoms with E-state index in [0.29, 0.717) is 11.6 Å². The van der Waals surface area contributed by atoms with Crippen molar-refractivity contribution in [3.8, 4) is 0 Å². The van der Waals surface area contributed by atoms with Crippen LogP contribution >= 0.6 is 34.4 Å². The van der Waals surface area contributed by atoms with Gasteiger partial charge in [-0.2, -0.15) is 0 Å². The van der Waals surface area contributed by atoms with Crippen molar-refractivity contribution in [2.24, 2.45) is 0 Å². The van der Waals surface area contributed by atoms with Gasteiger partial charge in [-0.05, 0) is 46.9 Å². The van der Waals surface area contributed by atoms with Crippen LogP contribution in [0.3, 0.4) is 0 Å². The Balaban J connectivity index is 1.88. The maximum Gasteiger partial charge on any atom is 0.234 e. The molecular weight excluding hydrogens is 373 g/mol. The van der Waals surface area contributed by atoms with Gasteiger partial charge in [-0.25, -0.2) is 4.98 Å². The molecule has 0 atom stereocenters. The summed E-state index contributed by atoms with van der Waals surface area (Å²) in [5.41, 5.74) is 6.34. The number of pyridine rings is 1. The number of hydrogen-bond donors (Lipinski definition) is 2. The molecule has 98 valence electrons. The van der Waals surface area contributed by atoms with Crippen molar-refractivity contribution >= 4 is 51.8 Å². The van der Waals surface area contributed by atoms with Gasteiger partial charge in [0.1, 0.15) is 5.82 Å². The highest BCUT2D eigenvalue weighted by Gasteiger charge is 2.06. The number of nitrogens with two attached hydrogens (primary N) is 1. The summed E-state index contributed by atoms with van der Waals surface area (Å²) in [6.45, 7) is 0. The Morgan fingerprint density at radius 1 is 1.32 bits per heavy atom. The Morgan fingerprint density at radius 3 is 2.79 bits per heavy atom. The molecule has 4 nitrogen and oxygen atoms in total. The molecular formula is C13H12IN3OS. The molecule has 2 rings (SSSR count). The Kier molecular flexibility index (Phi) is 5.03. The first-order chi connectivity index (χ1) is 9.15. The molecule has 0 spiro atoms. The van der Waals surface area contributed by atoms with Gasteiger partial charge in [0.15, 0.2) is 0 Å². The summed E-state index contributed by atoms with van der Waals surface area (Å²) in [6, 6.07) is 11.2. The number of thioether (sulfide) groups is 1. The second kappa shape index (κ2) is 6.76. The molecule has 19 heavy (non-hydrogen) atoms. The number of hydrogen-bond acceptors (Lipinski definition) is 4. The first kappa shape index (κ1) is 14.1. The Bertz CT molecular complexity index is 574. The maximum absolute atomic E-state index is 11.8.